The lowest BCUT2D eigenvalue weighted by Gasteiger charge is -2.31. The Labute approximate surface area is 244 Å². The minimum Gasteiger partial charge on any atom is -0.496 e. The molecule has 12 heteroatoms. The van der Waals surface area contributed by atoms with E-state index in [1.807, 2.05) is 0 Å². The van der Waals surface area contributed by atoms with Crippen molar-refractivity contribution in [1.29, 1.82) is 0 Å². The van der Waals surface area contributed by atoms with Crippen LogP contribution in [0, 0.1) is 29.5 Å². The second-order valence-electron chi connectivity index (χ2n) is 11.0. The third kappa shape index (κ3) is 6.43. The normalized spacial score (nSPS) is 25.1. The van der Waals surface area contributed by atoms with Gasteiger partial charge < -0.3 is 20.5 Å². The Hall–Kier alpha value is -3.54. The fourth-order valence-corrected chi connectivity index (χ4v) is 7.15. The summed E-state index contributed by atoms with van der Waals surface area (Å²) >= 11 is -0.267. The van der Waals surface area contributed by atoms with Crippen LogP contribution in [0.15, 0.2) is 47.4 Å². The molecule has 2 amide bonds. The number of allylic oxidation sites excluding steroid dienone is 2. The Morgan fingerprint density at radius 3 is 2.50 bits per heavy atom. The number of hydrogen-bond donors (Lipinski definition) is 3. The van der Waals surface area contributed by atoms with Crippen LogP contribution in [0.2, 0.25) is 0 Å². The highest BCUT2D eigenvalue weighted by atomic mass is 32.2. The van der Waals surface area contributed by atoms with Gasteiger partial charge in [0.15, 0.2) is 0 Å². The summed E-state index contributed by atoms with van der Waals surface area (Å²) in [5.74, 6) is -3.46. The highest BCUT2D eigenvalue weighted by Crippen LogP contribution is 2.49. The number of halogens is 4. The lowest BCUT2D eigenvalue weighted by Crippen LogP contribution is -2.48. The monoisotopic (exact) mass is 606 g/mol. The average molecular weight is 607 g/mol. The molecule has 2 aromatic rings. The van der Waals surface area contributed by atoms with Crippen LogP contribution in [0.25, 0.3) is 5.57 Å². The molecule has 5 atom stereocenters. The molecule has 0 saturated heterocycles. The molecule has 0 heterocycles. The van der Waals surface area contributed by atoms with Crippen molar-refractivity contribution < 1.29 is 41.8 Å². The number of benzene rings is 2. The van der Waals surface area contributed by atoms with Gasteiger partial charge in [-0.15, -0.1) is 0 Å². The van der Waals surface area contributed by atoms with E-state index in [2.05, 4.69) is 10.6 Å². The Morgan fingerprint density at radius 2 is 1.83 bits per heavy atom. The van der Waals surface area contributed by atoms with Crippen molar-refractivity contribution in [1.82, 2.24) is 5.32 Å². The number of carboxylic acid groups (broad SMARTS) is 1. The Morgan fingerprint density at radius 1 is 1.07 bits per heavy atom. The molecule has 2 aromatic carbocycles. The fourth-order valence-electron chi connectivity index (χ4n) is 6.55. The van der Waals surface area contributed by atoms with Crippen molar-refractivity contribution in [2.24, 2.45) is 23.7 Å². The molecule has 0 aliphatic heterocycles. The second-order valence-corrected chi connectivity index (χ2v) is 12.1. The van der Waals surface area contributed by atoms with Crippen LogP contribution < -0.4 is 15.4 Å². The summed E-state index contributed by atoms with van der Waals surface area (Å²) in [5.41, 5.74) is -3.32. The summed E-state index contributed by atoms with van der Waals surface area (Å²) in [6.45, 7) is 0. The van der Waals surface area contributed by atoms with Crippen LogP contribution in [0.4, 0.5) is 23.2 Å². The molecule has 5 unspecified atom stereocenters. The Balaban J connectivity index is 1.35. The summed E-state index contributed by atoms with van der Waals surface area (Å²) in [5, 5.41) is 15.0. The molecule has 0 radical (unpaired) electrons. The van der Waals surface area contributed by atoms with Crippen LogP contribution in [-0.2, 0) is 9.59 Å². The molecular weight excluding hydrogens is 576 g/mol. The Bertz CT molecular complexity index is 1430. The first-order chi connectivity index (χ1) is 19.9. The molecule has 3 N–H and O–H groups in total. The molecule has 2 bridgehead atoms. The predicted octanol–water partition coefficient (Wildman–Crippen LogP) is 6.50. The van der Waals surface area contributed by atoms with Crippen molar-refractivity contribution >= 4 is 40.8 Å². The van der Waals surface area contributed by atoms with E-state index in [9.17, 15) is 32.7 Å². The maximum atomic E-state index is 15.1. The first-order valence-corrected chi connectivity index (χ1v) is 14.5. The minimum atomic E-state index is -4.46. The van der Waals surface area contributed by atoms with Crippen molar-refractivity contribution in [2.45, 2.75) is 55.0 Å². The fraction of sp³-hybridized carbons (Fsp3) is 0.433. The zero-order valence-corrected chi connectivity index (χ0v) is 23.5. The first-order valence-electron chi connectivity index (χ1n) is 13.7. The van der Waals surface area contributed by atoms with Gasteiger partial charge in [0.1, 0.15) is 11.6 Å². The number of carbonyl (C=O) groups is 3. The van der Waals surface area contributed by atoms with E-state index < -0.39 is 41.1 Å². The number of nitrogens with one attached hydrogen (secondary N) is 2. The van der Waals surface area contributed by atoms with Gasteiger partial charge in [0.25, 0.3) is 5.91 Å². The number of carboxylic acids is 1. The van der Waals surface area contributed by atoms with E-state index in [0.29, 0.717) is 18.4 Å². The van der Waals surface area contributed by atoms with Gasteiger partial charge >= 0.3 is 11.5 Å². The number of rotatable bonds is 8. The summed E-state index contributed by atoms with van der Waals surface area (Å²) in [4.78, 5) is 38.3. The standard InChI is InChI=1S/C30H30F4N2O5S/c1-41-24-14-23(31)21(15-5-7-16(8-6-15)29(39)40)13-22(24)27(37)36-26-18-10-9-17(11-18)25(26)28(38)35-19-3-2-4-20(12-19)42-30(32,33)34/h2-5,12-14,16-18,25-26H,6-11H2,1H3,(H,35,38)(H,36,37)(H,39,40). The van der Waals surface area contributed by atoms with E-state index in [1.165, 1.54) is 37.4 Å². The van der Waals surface area contributed by atoms with Crippen LogP contribution in [0.5, 0.6) is 5.75 Å². The lowest BCUT2D eigenvalue weighted by molar-refractivity contribution is -0.141. The molecule has 0 aromatic heterocycles. The molecule has 0 spiro atoms. The van der Waals surface area contributed by atoms with Gasteiger partial charge in [-0.3, -0.25) is 14.4 Å². The summed E-state index contributed by atoms with van der Waals surface area (Å²) in [6.07, 6.45) is 5.00. The number of carbonyl (C=O) groups excluding carboxylic acids is 2. The third-order valence-electron chi connectivity index (χ3n) is 8.49. The summed E-state index contributed by atoms with van der Waals surface area (Å²) in [6, 6.07) is 7.54. The molecule has 2 fully saturated rings. The van der Waals surface area contributed by atoms with Crippen LogP contribution in [0.1, 0.15) is 54.4 Å². The number of amides is 2. The Kier molecular flexibility index (Phi) is 8.54. The average Bonchev–Trinajstić information content (AvgIpc) is 3.54. The zero-order chi connectivity index (χ0) is 30.2. The zero-order valence-electron chi connectivity index (χ0n) is 22.7. The maximum Gasteiger partial charge on any atom is 0.446 e. The van der Waals surface area contributed by atoms with Crippen molar-refractivity contribution in [3.63, 3.8) is 0 Å². The first kappa shape index (κ1) is 29.9. The van der Waals surface area contributed by atoms with E-state index in [-0.39, 0.29) is 63.4 Å². The predicted molar refractivity (Wildman–Crippen MR) is 148 cm³/mol. The molecular formula is C30H30F4N2O5S. The molecule has 42 heavy (non-hydrogen) atoms. The van der Waals surface area contributed by atoms with Crippen molar-refractivity contribution in [3.8, 4) is 5.75 Å². The molecule has 2 saturated carbocycles. The number of ether oxygens (including phenoxy) is 1. The minimum absolute atomic E-state index is 0.00767. The SMILES string of the molecule is COc1cc(F)c(C2=CCC(C(=O)O)CC2)cc1C(=O)NC1C2CCC(C2)C1C(=O)Nc1cccc(SC(F)(F)F)c1. The summed E-state index contributed by atoms with van der Waals surface area (Å²) < 4.78 is 58.8. The smallest absolute Gasteiger partial charge is 0.446 e. The van der Waals surface area contributed by atoms with Gasteiger partial charge in [0.2, 0.25) is 5.91 Å². The third-order valence-corrected chi connectivity index (χ3v) is 9.21. The molecule has 3 aliphatic carbocycles. The number of hydrogen-bond acceptors (Lipinski definition) is 5. The maximum absolute atomic E-state index is 15.1. The quantitative estimate of drug-likeness (QED) is 0.234. The van der Waals surface area contributed by atoms with Gasteiger partial charge in [-0.1, -0.05) is 12.1 Å². The highest BCUT2D eigenvalue weighted by Gasteiger charge is 2.51. The van der Waals surface area contributed by atoms with Gasteiger partial charge in [-0.25, -0.2) is 4.39 Å². The topological polar surface area (TPSA) is 105 Å². The van der Waals surface area contributed by atoms with E-state index >= 15 is 4.39 Å². The van der Waals surface area contributed by atoms with Gasteiger partial charge in [0, 0.05) is 28.3 Å². The summed E-state index contributed by atoms with van der Waals surface area (Å²) in [7, 11) is 1.32. The second kappa shape index (κ2) is 12.0. The van der Waals surface area contributed by atoms with Gasteiger partial charge in [0.05, 0.1) is 24.5 Å². The van der Waals surface area contributed by atoms with Crippen LogP contribution in [0.3, 0.4) is 0 Å². The molecule has 7 nitrogen and oxygen atoms in total. The van der Waals surface area contributed by atoms with Crippen LogP contribution in [-0.4, -0.2) is 41.6 Å². The number of alkyl halides is 3. The number of anilines is 1. The van der Waals surface area contributed by atoms with Crippen LogP contribution >= 0.6 is 11.8 Å². The molecule has 3 aliphatic rings. The number of aliphatic carboxylic acids is 1. The van der Waals surface area contributed by atoms with E-state index in [1.54, 1.807) is 6.08 Å². The number of methoxy groups -OCH3 is 1. The lowest BCUT2D eigenvalue weighted by atomic mass is 9.83. The van der Waals surface area contributed by atoms with Gasteiger partial charge in [-0.05, 0) is 92.0 Å². The molecule has 5 rings (SSSR count). The van der Waals surface area contributed by atoms with Crippen molar-refractivity contribution in [3.05, 3.63) is 59.4 Å². The van der Waals surface area contributed by atoms with Gasteiger partial charge in [-0.2, -0.15) is 13.2 Å². The largest absolute Gasteiger partial charge is 0.496 e. The number of thioether (sulfide) groups is 1. The number of fused-ring (bicyclic) bond motifs is 2. The molecule has 224 valence electrons. The van der Waals surface area contributed by atoms with Crippen molar-refractivity contribution in [2.75, 3.05) is 12.4 Å². The highest BCUT2D eigenvalue weighted by molar-refractivity contribution is 8.00. The van der Waals surface area contributed by atoms with E-state index in [4.69, 9.17) is 4.74 Å². The van der Waals surface area contributed by atoms with E-state index in [0.717, 1.165) is 25.3 Å².